The summed E-state index contributed by atoms with van der Waals surface area (Å²) in [4.78, 5) is 35.3. The summed E-state index contributed by atoms with van der Waals surface area (Å²) < 4.78 is 5.03. The smallest absolute Gasteiger partial charge is 0.306 e. The molecule has 0 spiro atoms. The minimum atomic E-state index is -0.338. The van der Waals surface area contributed by atoms with Crippen LogP contribution in [0.15, 0.2) is 57.2 Å². The molecule has 0 atom stereocenters. The molecular formula is C20H20N2O4S. The number of nitrogens with zero attached hydrogens (tertiary/aromatic N) is 1. The monoisotopic (exact) mass is 384 g/mol. The molecule has 0 saturated carbocycles. The maximum atomic E-state index is 12.1. The number of esters is 1. The zero-order valence-corrected chi connectivity index (χ0v) is 16.0. The molecule has 2 aromatic rings. The number of hydrogen-bond acceptors (Lipinski definition) is 6. The Bertz CT molecular complexity index is 895. The van der Waals surface area contributed by atoms with Crippen LogP contribution in [0.1, 0.15) is 35.7 Å². The van der Waals surface area contributed by atoms with Gasteiger partial charge in [-0.05, 0) is 31.2 Å². The fourth-order valence-electron chi connectivity index (χ4n) is 2.75. The van der Waals surface area contributed by atoms with Gasteiger partial charge in [-0.3, -0.25) is 19.4 Å². The first-order valence-corrected chi connectivity index (χ1v) is 9.41. The normalized spacial score (nSPS) is 12.3. The van der Waals surface area contributed by atoms with Crippen molar-refractivity contribution in [2.24, 2.45) is 4.99 Å². The van der Waals surface area contributed by atoms with Gasteiger partial charge in [-0.2, -0.15) is 0 Å². The average molecular weight is 384 g/mol. The molecule has 6 nitrogen and oxygen atoms in total. The van der Waals surface area contributed by atoms with Crippen LogP contribution in [0.3, 0.4) is 0 Å². The van der Waals surface area contributed by atoms with E-state index in [0.717, 1.165) is 21.1 Å². The molecule has 1 aliphatic rings. The Hall–Kier alpha value is -2.64. The van der Waals surface area contributed by atoms with Gasteiger partial charge in [0.25, 0.3) is 5.91 Å². The standard InChI is InChI=1S/C20H20N2O4S/c1-3-26-19(23)11-9-15-14-6-4-5-7-17(14)27-18-10-8-13(12-16(18)21-15)20(24)22-25-2/h4-8,10,12H,3,9,11H2,1-2H3,(H,22,24). The van der Waals surface area contributed by atoms with E-state index < -0.39 is 0 Å². The van der Waals surface area contributed by atoms with Gasteiger partial charge in [0.05, 0.1) is 31.5 Å². The second-order valence-electron chi connectivity index (χ2n) is 5.78. The van der Waals surface area contributed by atoms with E-state index in [9.17, 15) is 9.59 Å². The van der Waals surface area contributed by atoms with Gasteiger partial charge in [0, 0.05) is 27.3 Å². The van der Waals surface area contributed by atoms with E-state index in [1.165, 1.54) is 7.11 Å². The third-order valence-electron chi connectivity index (χ3n) is 3.96. The summed E-state index contributed by atoms with van der Waals surface area (Å²) in [6, 6.07) is 13.3. The number of carbonyl (C=O) groups is 2. The summed E-state index contributed by atoms with van der Waals surface area (Å²) in [5, 5.41) is 0. The van der Waals surface area contributed by atoms with E-state index in [4.69, 9.17) is 14.6 Å². The predicted octanol–water partition coefficient (Wildman–Crippen LogP) is 3.91. The van der Waals surface area contributed by atoms with Crippen molar-refractivity contribution in [3.8, 4) is 0 Å². The zero-order chi connectivity index (χ0) is 19.2. The van der Waals surface area contributed by atoms with Crippen LogP contribution >= 0.6 is 11.8 Å². The summed E-state index contributed by atoms with van der Waals surface area (Å²) in [6.07, 6.45) is 0.717. The number of benzene rings is 2. The lowest BCUT2D eigenvalue weighted by molar-refractivity contribution is -0.142. The highest BCUT2D eigenvalue weighted by Crippen LogP contribution is 2.41. The average Bonchev–Trinajstić information content (AvgIpc) is 2.82. The topological polar surface area (TPSA) is 77.0 Å². The molecule has 0 bridgehead atoms. The fourth-order valence-corrected chi connectivity index (χ4v) is 3.77. The molecule has 0 unspecified atom stereocenters. The van der Waals surface area contributed by atoms with E-state index in [2.05, 4.69) is 5.48 Å². The molecular weight excluding hydrogens is 364 g/mol. The first-order chi connectivity index (χ1) is 13.1. The van der Waals surface area contributed by atoms with Gasteiger partial charge in [-0.15, -0.1) is 0 Å². The number of ether oxygens (including phenoxy) is 1. The van der Waals surface area contributed by atoms with Crippen LogP contribution in [0.4, 0.5) is 5.69 Å². The van der Waals surface area contributed by atoms with Gasteiger partial charge in [0.15, 0.2) is 0 Å². The van der Waals surface area contributed by atoms with Gasteiger partial charge in [-0.25, -0.2) is 5.48 Å². The molecule has 0 saturated heterocycles. The van der Waals surface area contributed by atoms with Crippen molar-refractivity contribution in [3.05, 3.63) is 53.6 Å². The van der Waals surface area contributed by atoms with Crippen LogP contribution < -0.4 is 5.48 Å². The summed E-state index contributed by atoms with van der Waals surface area (Å²) in [6.45, 7) is 2.15. The number of nitrogens with one attached hydrogen (secondary N) is 1. The molecule has 3 rings (SSSR count). The molecule has 0 radical (unpaired) electrons. The Morgan fingerprint density at radius 1 is 1.15 bits per heavy atom. The predicted molar refractivity (Wildman–Crippen MR) is 104 cm³/mol. The number of hydroxylamine groups is 1. The molecule has 1 aliphatic heterocycles. The van der Waals surface area contributed by atoms with Gasteiger partial charge < -0.3 is 4.74 Å². The van der Waals surface area contributed by atoms with E-state index in [1.54, 1.807) is 30.8 Å². The molecule has 27 heavy (non-hydrogen) atoms. The third kappa shape index (κ3) is 4.56. The van der Waals surface area contributed by atoms with Gasteiger partial charge in [0.1, 0.15) is 0 Å². The maximum absolute atomic E-state index is 12.1. The zero-order valence-electron chi connectivity index (χ0n) is 15.2. The number of aliphatic imine (C=N–C) groups is 1. The summed E-state index contributed by atoms with van der Waals surface area (Å²) in [7, 11) is 1.39. The summed E-state index contributed by atoms with van der Waals surface area (Å²) in [5.74, 6) is -0.585. The molecule has 0 fully saturated rings. The Kier molecular flexibility index (Phi) is 6.26. The minimum Gasteiger partial charge on any atom is -0.466 e. The van der Waals surface area contributed by atoms with Crippen molar-refractivity contribution in [2.45, 2.75) is 29.6 Å². The molecule has 1 heterocycles. The quantitative estimate of drug-likeness (QED) is 0.604. The van der Waals surface area contributed by atoms with Crippen molar-refractivity contribution in [2.75, 3.05) is 13.7 Å². The molecule has 1 amide bonds. The molecule has 7 heteroatoms. The first kappa shape index (κ1) is 19.1. The molecule has 0 aromatic heterocycles. The Morgan fingerprint density at radius 3 is 2.74 bits per heavy atom. The number of rotatable bonds is 6. The number of amides is 1. The molecule has 2 aromatic carbocycles. The largest absolute Gasteiger partial charge is 0.466 e. The van der Waals surface area contributed by atoms with Crippen LogP contribution in [0, 0.1) is 0 Å². The van der Waals surface area contributed by atoms with Gasteiger partial charge >= 0.3 is 5.97 Å². The lowest BCUT2D eigenvalue weighted by Gasteiger charge is -2.08. The van der Waals surface area contributed by atoms with Crippen molar-refractivity contribution in [1.82, 2.24) is 5.48 Å². The van der Waals surface area contributed by atoms with E-state index in [1.807, 2.05) is 30.3 Å². The Labute approximate surface area is 161 Å². The lowest BCUT2D eigenvalue weighted by atomic mass is 10.1. The van der Waals surface area contributed by atoms with Crippen LogP contribution in [0.25, 0.3) is 0 Å². The number of hydrogen-bond donors (Lipinski definition) is 1. The third-order valence-corrected chi connectivity index (χ3v) is 5.10. The SMILES string of the molecule is CCOC(=O)CCC1=Nc2cc(C(=O)NOC)ccc2Sc2ccccc21. The Morgan fingerprint density at radius 2 is 1.96 bits per heavy atom. The summed E-state index contributed by atoms with van der Waals surface area (Å²) >= 11 is 1.59. The second kappa shape index (κ2) is 8.83. The second-order valence-corrected chi connectivity index (χ2v) is 6.86. The molecule has 140 valence electrons. The van der Waals surface area contributed by atoms with E-state index >= 15 is 0 Å². The highest BCUT2D eigenvalue weighted by Gasteiger charge is 2.19. The lowest BCUT2D eigenvalue weighted by Crippen LogP contribution is -2.21. The van der Waals surface area contributed by atoms with Crippen molar-refractivity contribution in [1.29, 1.82) is 0 Å². The van der Waals surface area contributed by atoms with E-state index in [-0.39, 0.29) is 18.3 Å². The molecule has 0 aliphatic carbocycles. The fraction of sp³-hybridized carbons (Fsp3) is 0.250. The minimum absolute atomic E-state index is 0.247. The first-order valence-electron chi connectivity index (χ1n) is 8.60. The van der Waals surface area contributed by atoms with Crippen LogP contribution in [-0.2, 0) is 14.4 Å². The summed E-state index contributed by atoms with van der Waals surface area (Å²) in [5.41, 5.74) is 5.25. The van der Waals surface area contributed by atoms with Crippen LogP contribution in [0.5, 0.6) is 0 Å². The highest BCUT2D eigenvalue weighted by atomic mass is 32.2. The van der Waals surface area contributed by atoms with Crippen LogP contribution in [0.2, 0.25) is 0 Å². The highest BCUT2D eigenvalue weighted by molar-refractivity contribution is 7.99. The van der Waals surface area contributed by atoms with Crippen molar-refractivity contribution < 1.29 is 19.2 Å². The van der Waals surface area contributed by atoms with Gasteiger partial charge in [-0.1, -0.05) is 30.0 Å². The van der Waals surface area contributed by atoms with E-state index in [0.29, 0.717) is 24.3 Å². The maximum Gasteiger partial charge on any atom is 0.306 e. The van der Waals surface area contributed by atoms with Crippen molar-refractivity contribution >= 4 is 35.0 Å². The number of carbonyl (C=O) groups excluding carboxylic acids is 2. The Balaban J connectivity index is 1.98. The van der Waals surface area contributed by atoms with Crippen molar-refractivity contribution in [3.63, 3.8) is 0 Å². The van der Waals surface area contributed by atoms with Gasteiger partial charge in [0.2, 0.25) is 0 Å². The number of fused-ring (bicyclic) bond motifs is 2. The van der Waals surface area contributed by atoms with Crippen LogP contribution in [-0.4, -0.2) is 31.3 Å². The molecule has 1 N–H and O–H groups in total.